The molecular formula is C15H12ClF2NO. The van der Waals surface area contributed by atoms with E-state index in [-0.39, 0.29) is 11.1 Å². The number of benzene rings is 2. The van der Waals surface area contributed by atoms with Crippen LogP contribution in [-0.4, -0.2) is 5.78 Å². The molecule has 0 aliphatic carbocycles. The average Bonchev–Trinajstić information content (AvgIpc) is 2.37. The summed E-state index contributed by atoms with van der Waals surface area (Å²) >= 11 is 5.95. The number of nitrogens with two attached hydrogens (primary N) is 1. The first-order valence-corrected chi connectivity index (χ1v) is 6.25. The molecule has 2 aromatic rings. The van der Waals surface area contributed by atoms with Gasteiger partial charge in [0.15, 0.2) is 11.6 Å². The van der Waals surface area contributed by atoms with Crippen LogP contribution >= 0.6 is 11.6 Å². The first-order valence-electron chi connectivity index (χ1n) is 5.87. The van der Waals surface area contributed by atoms with Crippen LogP contribution in [0.5, 0.6) is 0 Å². The third-order valence-electron chi connectivity index (χ3n) is 3.06. The predicted molar refractivity (Wildman–Crippen MR) is 75.1 cm³/mol. The number of hydrogen-bond acceptors (Lipinski definition) is 2. The van der Waals surface area contributed by atoms with Gasteiger partial charge in [0.05, 0.1) is 11.3 Å². The number of ketones is 1. The maximum atomic E-state index is 13.9. The Bertz CT molecular complexity index is 714. The van der Waals surface area contributed by atoms with E-state index in [0.717, 1.165) is 12.1 Å². The predicted octanol–water partition coefficient (Wildman–Crippen LogP) is 4.05. The molecule has 5 heteroatoms. The van der Waals surface area contributed by atoms with Crippen molar-refractivity contribution in [2.45, 2.75) is 13.8 Å². The largest absolute Gasteiger partial charge is 0.396 e. The number of hydrogen-bond donors (Lipinski definition) is 1. The van der Waals surface area contributed by atoms with Crippen molar-refractivity contribution in [3.05, 3.63) is 63.2 Å². The van der Waals surface area contributed by atoms with Crippen LogP contribution < -0.4 is 5.73 Å². The molecule has 0 saturated carbocycles. The third kappa shape index (κ3) is 2.51. The van der Waals surface area contributed by atoms with E-state index in [0.29, 0.717) is 16.1 Å². The first-order chi connectivity index (χ1) is 9.31. The lowest BCUT2D eigenvalue weighted by Crippen LogP contribution is -2.09. The standard InChI is InChI=1S/C15H12ClF2NO/c1-7-4-12(16)8(2)3-10(7)15(20)11-5-9(17)6-13(19)14(11)18/h3-6H,19H2,1-2H3. The summed E-state index contributed by atoms with van der Waals surface area (Å²) in [6, 6.07) is 4.86. The van der Waals surface area contributed by atoms with Crippen molar-refractivity contribution in [2.24, 2.45) is 0 Å². The molecule has 104 valence electrons. The zero-order chi connectivity index (χ0) is 15.0. The summed E-state index contributed by atoms with van der Waals surface area (Å²) in [4.78, 5) is 12.4. The third-order valence-corrected chi connectivity index (χ3v) is 3.47. The second-order valence-electron chi connectivity index (χ2n) is 4.60. The normalized spacial score (nSPS) is 10.7. The van der Waals surface area contributed by atoms with Gasteiger partial charge in [-0.05, 0) is 49.2 Å². The van der Waals surface area contributed by atoms with Gasteiger partial charge in [0.1, 0.15) is 5.82 Å². The Balaban J connectivity index is 2.60. The average molecular weight is 296 g/mol. The summed E-state index contributed by atoms with van der Waals surface area (Å²) in [6.45, 7) is 3.41. The number of carbonyl (C=O) groups is 1. The topological polar surface area (TPSA) is 43.1 Å². The minimum absolute atomic E-state index is 0.274. The minimum Gasteiger partial charge on any atom is -0.396 e. The lowest BCUT2D eigenvalue weighted by atomic mass is 9.96. The van der Waals surface area contributed by atoms with E-state index in [4.69, 9.17) is 17.3 Å². The lowest BCUT2D eigenvalue weighted by Gasteiger charge is -2.10. The van der Waals surface area contributed by atoms with Gasteiger partial charge in [-0.25, -0.2) is 8.78 Å². The van der Waals surface area contributed by atoms with Crippen LogP contribution in [0.1, 0.15) is 27.0 Å². The minimum atomic E-state index is -0.914. The van der Waals surface area contributed by atoms with Crippen LogP contribution in [-0.2, 0) is 0 Å². The second kappa shape index (κ2) is 5.21. The number of rotatable bonds is 2. The highest BCUT2D eigenvalue weighted by molar-refractivity contribution is 6.31. The van der Waals surface area contributed by atoms with Gasteiger partial charge in [-0.3, -0.25) is 4.79 Å². The van der Waals surface area contributed by atoms with Crippen molar-refractivity contribution in [1.29, 1.82) is 0 Å². The van der Waals surface area contributed by atoms with E-state index in [1.54, 1.807) is 26.0 Å². The van der Waals surface area contributed by atoms with Crippen LogP contribution in [0.15, 0.2) is 24.3 Å². The molecule has 0 heterocycles. The van der Waals surface area contributed by atoms with Crippen LogP contribution in [0, 0.1) is 25.5 Å². The molecule has 0 atom stereocenters. The molecule has 2 N–H and O–H groups in total. The Morgan fingerprint density at radius 3 is 2.35 bits per heavy atom. The van der Waals surface area contributed by atoms with Crippen LogP contribution in [0.3, 0.4) is 0 Å². The van der Waals surface area contributed by atoms with E-state index in [2.05, 4.69) is 0 Å². The van der Waals surface area contributed by atoms with Crippen LogP contribution in [0.25, 0.3) is 0 Å². The summed E-state index contributed by atoms with van der Waals surface area (Å²) in [5, 5.41) is 0.512. The molecule has 0 aromatic heterocycles. The maximum Gasteiger partial charge on any atom is 0.196 e. The zero-order valence-corrected chi connectivity index (χ0v) is 11.7. The molecule has 0 aliphatic heterocycles. The first kappa shape index (κ1) is 14.5. The van der Waals surface area contributed by atoms with E-state index >= 15 is 0 Å². The zero-order valence-electron chi connectivity index (χ0n) is 10.9. The van der Waals surface area contributed by atoms with Crippen molar-refractivity contribution in [3.63, 3.8) is 0 Å². The Hall–Kier alpha value is -1.94. The van der Waals surface area contributed by atoms with Crippen molar-refractivity contribution in [2.75, 3.05) is 5.73 Å². The van der Waals surface area contributed by atoms with E-state index in [9.17, 15) is 13.6 Å². The smallest absolute Gasteiger partial charge is 0.196 e. The van der Waals surface area contributed by atoms with Crippen molar-refractivity contribution in [1.82, 2.24) is 0 Å². The van der Waals surface area contributed by atoms with E-state index in [1.807, 2.05) is 0 Å². The number of halogens is 3. The molecule has 0 aliphatic rings. The van der Waals surface area contributed by atoms with Gasteiger partial charge in [-0.15, -0.1) is 0 Å². The Labute approximate surface area is 120 Å². The van der Waals surface area contributed by atoms with Gasteiger partial charge in [-0.2, -0.15) is 0 Å². The van der Waals surface area contributed by atoms with Gasteiger partial charge in [0, 0.05) is 10.6 Å². The fourth-order valence-electron chi connectivity index (χ4n) is 1.95. The molecule has 2 nitrogen and oxygen atoms in total. The molecule has 0 bridgehead atoms. The second-order valence-corrected chi connectivity index (χ2v) is 5.01. The number of anilines is 1. The van der Waals surface area contributed by atoms with Crippen molar-refractivity contribution in [3.8, 4) is 0 Å². The number of carbonyl (C=O) groups excluding carboxylic acids is 1. The summed E-state index contributed by atoms with van der Waals surface area (Å²) in [6.07, 6.45) is 0. The molecule has 0 spiro atoms. The molecule has 2 rings (SSSR count). The molecular weight excluding hydrogens is 284 g/mol. The summed E-state index contributed by atoms with van der Waals surface area (Å²) < 4.78 is 27.2. The molecule has 0 radical (unpaired) electrons. The number of aryl methyl sites for hydroxylation is 2. The van der Waals surface area contributed by atoms with Crippen LogP contribution in [0.2, 0.25) is 5.02 Å². The van der Waals surface area contributed by atoms with Gasteiger partial charge < -0.3 is 5.73 Å². The quantitative estimate of drug-likeness (QED) is 0.671. The molecule has 0 fully saturated rings. The molecule has 0 unspecified atom stereocenters. The lowest BCUT2D eigenvalue weighted by molar-refractivity contribution is 0.103. The van der Waals surface area contributed by atoms with E-state index in [1.165, 1.54) is 0 Å². The van der Waals surface area contributed by atoms with E-state index < -0.39 is 23.1 Å². The summed E-state index contributed by atoms with van der Waals surface area (Å²) in [5.41, 5.74) is 6.12. The number of nitrogen functional groups attached to an aromatic ring is 1. The molecule has 2 aromatic carbocycles. The van der Waals surface area contributed by atoms with Gasteiger partial charge in [0.2, 0.25) is 0 Å². The summed E-state index contributed by atoms with van der Waals surface area (Å²) in [7, 11) is 0. The molecule has 0 amide bonds. The molecule has 0 saturated heterocycles. The van der Waals surface area contributed by atoms with Gasteiger partial charge in [-0.1, -0.05) is 11.6 Å². The van der Waals surface area contributed by atoms with Crippen molar-refractivity contribution >= 4 is 23.1 Å². The van der Waals surface area contributed by atoms with Gasteiger partial charge in [0.25, 0.3) is 0 Å². The highest BCUT2D eigenvalue weighted by atomic mass is 35.5. The fourth-order valence-corrected chi connectivity index (χ4v) is 2.16. The molecule has 20 heavy (non-hydrogen) atoms. The monoisotopic (exact) mass is 295 g/mol. The Morgan fingerprint density at radius 2 is 1.70 bits per heavy atom. The van der Waals surface area contributed by atoms with Gasteiger partial charge >= 0.3 is 0 Å². The highest BCUT2D eigenvalue weighted by Crippen LogP contribution is 2.25. The SMILES string of the molecule is Cc1cc(C(=O)c2cc(F)cc(N)c2F)c(C)cc1Cl. The van der Waals surface area contributed by atoms with Crippen molar-refractivity contribution < 1.29 is 13.6 Å². The fraction of sp³-hybridized carbons (Fsp3) is 0.133. The Morgan fingerprint density at radius 1 is 1.05 bits per heavy atom. The maximum absolute atomic E-state index is 13.9. The van der Waals surface area contributed by atoms with Crippen LogP contribution in [0.4, 0.5) is 14.5 Å². The Kier molecular flexibility index (Phi) is 3.77. The highest BCUT2D eigenvalue weighted by Gasteiger charge is 2.20. The summed E-state index contributed by atoms with van der Waals surface area (Å²) in [5.74, 6) is -2.29.